The van der Waals surface area contributed by atoms with Gasteiger partial charge in [0.05, 0.1) is 0 Å². The fourth-order valence-electron chi connectivity index (χ4n) is 1.61. The molecule has 0 aliphatic rings. The summed E-state index contributed by atoms with van der Waals surface area (Å²) in [6, 6.07) is 10.2. The second kappa shape index (κ2) is 9.25. The van der Waals surface area contributed by atoms with Crippen LogP contribution in [0, 0.1) is 5.92 Å². The van der Waals surface area contributed by atoms with Gasteiger partial charge in [-0.05, 0) is 30.9 Å². The van der Waals surface area contributed by atoms with Gasteiger partial charge in [0.25, 0.3) is 0 Å². The van der Waals surface area contributed by atoms with Crippen LogP contribution in [0.3, 0.4) is 0 Å². The molecule has 0 saturated heterocycles. The molecule has 0 atom stereocenters. The number of rotatable bonds is 8. The minimum atomic E-state index is 0.556. The van der Waals surface area contributed by atoms with Gasteiger partial charge in [-0.3, -0.25) is 4.99 Å². The van der Waals surface area contributed by atoms with Gasteiger partial charge in [-0.25, -0.2) is 0 Å². The smallest absolute Gasteiger partial charge is 0.188 e. The Morgan fingerprint density at radius 2 is 1.95 bits per heavy atom. The number of nitrogens with zero attached hydrogens (tertiary/aromatic N) is 1. The van der Waals surface area contributed by atoms with E-state index in [1.807, 2.05) is 18.2 Å². The molecule has 1 aromatic carbocycles. The normalized spacial score (nSPS) is 11.6. The van der Waals surface area contributed by atoms with E-state index < -0.39 is 0 Å². The first-order valence-electron chi connectivity index (χ1n) is 7.01. The summed E-state index contributed by atoms with van der Waals surface area (Å²) in [5, 5.41) is 6.48. The third-order valence-corrected chi connectivity index (χ3v) is 2.75. The highest BCUT2D eigenvalue weighted by atomic mass is 15.1. The van der Waals surface area contributed by atoms with Crippen LogP contribution in [-0.4, -0.2) is 25.6 Å². The van der Waals surface area contributed by atoms with Gasteiger partial charge in [0.2, 0.25) is 0 Å². The third-order valence-electron chi connectivity index (χ3n) is 2.75. The zero-order chi connectivity index (χ0) is 13.9. The molecule has 4 nitrogen and oxygen atoms in total. The highest BCUT2D eigenvalue weighted by molar-refractivity contribution is 5.77. The second-order valence-corrected chi connectivity index (χ2v) is 5.02. The molecule has 1 rings (SSSR count). The lowest BCUT2D eigenvalue weighted by Crippen LogP contribution is -2.33. The quantitative estimate of drug-likeness (QED) is 0.383. The van der Waals surface area contributed by atoms with Crippen molar-refractivity contribution in [2.24, 2.45) is 16.6 Å². The van der Waals surface area contributed by atoms with E-state index in [2.05, 4.69) is 41.6 Å². The summed E-state index contributed by atoms with van der Waals surface area (Å²) in [5.74, 6) is 1.25. The van der Waals surface area contributed by atoms with Crippen molar-refractivity contribution in [2.45, 2.75) is 26.7 Å². The number of hydrogen-bond acceptors (Lipinski definition) is 2. The van der Waals surface area contributed by atoms with Crippen molar-refractivity contribution >= 4 is 11.6 Å². The molecule has 0 aliphatic carbocycles. The fourth-order valence-corrected chi connectivity index (χ4v) is 1.61. The van der Waals surface area contributed by atoms with Crippen LogP contribution in [0.5, 0.6) is 0 Å². The number of nitrogens with two attached hydrogens (primary N) is 1. The zero-order valence-electron chi connectivity index (χ0n) is 12.0. The molecule has 0 unspecified atom stereocenters. The zero-order valence-corrected chi connectivity index (χ0v) is 12.0. The van der Waals surface area contributed by atoms with Crippen LogP contribution in [0.2, 0.25) is 0 Å². The molecule has 0 bridgehead atoms. The molecule has 1 aromatic rings. The average molecular weight is 262 g/mol. The number of guanidine groups is 1. The first kappa shape index (κ1) is 15.3. The maximum atomic E-state index is 5.77. The van der Waals surface area contributed by atoms with E-state index in [1.54, 1.807) is 0 Å². The van der Waals surface area contributed by atoms with Crippen molar-refractivity contribution in [1.82, 2.24) is 5.32 Å². The van der Waals surface area contributed by atoms with Crippen molar-refractivity contribution in [1.29, 1.82) is 0 Å². The molecule has 0 amide bonds. The summed E-state index contributed by atoms with van der Waals surface area (Å²) in [4.78, 5) is 4.30. The first-order chi connectivity index (χ1) is 9.18. The lowest BCUT2D eigenvalue weighted by Gasteiger charge is -2.08. The van der Waals surface area contributed by atoms with Gasteiger partial charge in [-0.15, -0.1) is 0 Å². The van der Waals surface area contributed by atoms with E-state index in [9.17, 15) is 0 Å². The van der Waals surface area contributed by atoms with Crippen molar-refractivity contribution in [3.63, 3.8) is 0 Å². The van der Waals surface area contributed by atoms with E-state index in [0.29, 0.717) is 11.9 Å². The summed E-state index contributed by atoms with van der Waals surface area (Å²) in [5.41, 5.74) is 6.92. The summed E-state index contributed by atoms with van der Waals surface area (Å²) in [7, 11) is 0. The highest BCUT2D eigenvalue weighted by Crippen LogP contribution is 2.04. The molecule has 0 fully saturated rings. The molecule has 4 N–H and O–H groups in total. The Balaban J connectivity index is 2.06. The van der Waals surface area contributed by atoms with Gasteiger partial charge in [-0.1, -0.05) is 32.0 Å². The predicted molar refractivity (Wildman–Crippen MR) is 83.5 cm³/mol. The predicted octanol–water partition coefficient (Wildman–Crippen LogP) is 2.44. The standard InChI is InChI=1S/C15H26N4/c1-13(2)9-12-19-15(16)18-11-6-10-17-14-7-4-3-5-8-14/h3-5,7-8,13,17H,6,9-12H2,1-2H3,(H3,16,18,19). The van der Waals surface area contributed by atoms with Crippen LogP contribution in [0.25, 0.3) is 0 Å². The lowest BCUT2D eigenvalue weighted by atomic mass is 10.1. The molecule has 0 saturated carbocycles. The molecule has 0 aliphatic heterocycles. The van der Waals surface area contributed by atoms with Crippen LogP contribution >= 0.6 is 0 Å². The minimum Gasteiger partial charge on any atom is -0.385 e. The Labute approximate surface area is 116 Å². The van der Waals surface area contributed by atoms with E-state index >= 15 is 0 Å². The molecule has 0 radical (unpaired) electrons. The summed E-state index contributed by atoms with van der Waals surface area (Å²) >= 11 is 0. The van der Waals surface area contributed by atoms with Gasteiger partial charge >= 0.3 is 0 Å². The van der Waals surface area contributed by atoms with Crippen molar-refractivity contribution in [3.05, 3.63) is 30.3 Å². The SMILES string of the molecule is CC(C)CCNC(N)=NCCCNc1ccccc1. The number of nitrogens with one attached hydrogen (secondary N) is 2. The number of aliphatic imine (C=N–C) groups is 1. The second-order valence-electron chi connectivity index (χ2n) is 5.02. The molecular weight excluding hydrogens is 236 g/mol. The third kappa shape index (κ3) is 8.08. The number of benzene rings is 1. The van der Waals surface area contributed by atoms with Gasteiger partial charge in [0, 0.05) is 25.3 Å². The Kier molecular flexibility index (Phi) is 7.47. The Bertz CT molecular complexity index is 360. The van der Waals surface area contributed by atoms with E-state index in [1.165, 1.54) is 0 Å². The van der Waals surface area contributed by atoms with Crippen LogP contribution in [0.4, 0.5) is 5.69 Å². The molecular formula is C15H26N4. The molecule has 0 spiro atoms. The fraction of sp³-hybridized carbons (Fsp3) is 0.533. The summed E-state index contributed by atoms with van der Waals surface area (Å²) in [6.45, 7) is 6.96. The Morgan fingerprint density at radius 3 is 2.63 bits per heavy atom. The lowest BCUT2D eigenvalue weighted by molar-refractivity contribution is 0.576. The number of para-hydroxylation sites is 1. The summed E-state index contributed by atoms with van der Waals surface area (Å²) in [6.07, 6.45) is 2.09. The van der Waals surface area contributed by atoms with Crippen LogP contribution in [0.1, 0.15) is 26.7 Å². The highest BCUT2D eigenvalue weighted by Gasteiger charge is 1.95. The number of anilines is 1. The van der Waals surface area contributed by atoms with Crippen molar-refractivity contribution in [2.75, 3.05) is 25.0 Å². The van der Waals surface area contributed by atoms with Crippen molar-refractivity contribution < 1.29 is 0 Å². The minimum absolute atomic E-state index is 0.556. The molecule has 0 aromatic heterocycles. The number of hydrogen-bond donors (Lipinski definition) is 3. The van der Waals surface area contributed by atoms with Crippen LogP contribution in [0.15, 0.2) is 35.3 Å². The van der Waals surface area contributed by atoms with Gasteiger partial charge in [0.15, 0.2) is 5.96 Å². The van der Waals surface area contributed by atoms with Crippen LogP contribution in [-0.2, 0) is 0 Å². The van der Waals surface area contributed by atoms with Crippen LogP contribution < -0.4 is 16.4 Å². The Morgan fingerprint density at radius 1 is 1.21 bits per heavy atom. The molecule has 4 heteroatoms. The first-order valence-corrected chi connectivity index (χ1v) is 7.01. The van der Waals surface area contributed by atoms with Crippen molar-refractivity contribution in [3.8, 4) is 0 Å². The monoisotopic (exact) mass is 262 g/mol. The van der Waals surface area contributed by atoms with Gasteiger partial charge in [0.1, 0.15) is 0 Å². The molecule has 0 heterocycles. The summed E-state index contributed by atoms with van der Waals surface area (Å²) < 4.78 is 0. The average Bonchev–Trinajstić information content (AvgIpc) is 2.39. The van der Waals surface area contributed by atoms with Gasteiger partial charge in [-0.2, -0.15) is 0 Å². The Hall–Kier alpha value is -1.71. The van der Waals surface area contributed by atoms with Gasteiger partial charge < -0.3 is 16.4 Å². The van der Waals surface area contributed by atoms with E-state index in [-0.39, 0.29) is 0 Å². The topological polar surface area (TPSA) is 62.4 Å². The maximum Gasteiger partial charge on any atom is 0.188 e. The van der Waals surface area contributed by atoms with E-state index in [4.69, 9.17) is 5.73 Å². The maximum absolute atomic E-state index is 5.77. The van der Waals surface area contributed by atoms with E-state index in [0.717, 1.165) is 38.2 Å². The largest absolute Gasteiger partial charge is 0.385 e. The molecule has 19 heavy (non-hydrogen) atoms. The molecule has 106 valence electrons.